The van der Waals surface area contributed by atoms with Crippen molar-refractivity contribution in [1.82, 2.24) is 15.2 Å². The summed E-state index contributed by atoms with van der Waals surface area (Å²) in [6.45, 7) is 5.33. The summed E-state index contributed by atoms with van der Waals surface area (Å²) in [5.41, 5.74) is 1.09. The zero-order chi connectivity index (χ0) is 14.8. The van der Waals surface area contributed by atoms with E-state index >= 15 is 0 Å². The maximum atomic E-state index is 12.1. The van der Waals surface area contributed by atoms with Crippen molar-refractivity contribution < 1.29 is 4.79 Å². The Balaban J connectivity index is 1.66. The highest BCUT2D eigenvalue weighted by atomic mass is 16.2. The molecule has 1 N–H and O–H groups in total. The van der Waals surface area contributed by atoms with E-state index in [1.807, 2.05) is 18.3 Å². The van der Waals surface area contributed by atoms with Gasteiger partial charge in [-0.25, -0.2) is 0 Å². The molecule has 0 unspecified atom stereocenters. The summed E-state index contributed by atoms with van der Waals surface area (Å²) < 4.78 is 0. The van der Waals surface area contributed by atoms with E-state index in [0.29, 0.717) is 24.3 Å². The minimum atomic E-state index is 0.239. The summed E-state index contributed by atoms with van der Waals surface area (Å²) in [4.78, 5) is 18.6. The van der Waals surface area contributed by atoms with E-state index in [1.165, 1.54) is 12.8 Å². The van der Waals surface area contributed by atoms with Crippen molar-refractivity contribution in [2.75, 3.05) is 6.54 Å². The van der Waals surface area contributed by atoms with E-state index in [2.05, 4.69) is 35.1 Å². The number of nitrogens with zero attached hydrogens (tertiary/aromatic N) is 2. The monoisotopic (exact) mass is 287 g/mol. The van der Waals surface area contributed by atoms with E-state index < -0.39 is 0 Å². The second-order valence-electron chi connectivity index (χ2n) is 6.78. The third-order valence-corrected chi connectivity index (χ3v) is 4.33. The van der Waals surface area contributed by atoms with Gasteiger partial charge in [0.1, 0.15) is 0 Å². The minimum absolute atomic E-state index is 0.239. The number of carbonyl (C=O) groups is 1. The van der Waals surface area contributed by atoms with E-state index in [1.54, 1.807) is 0 Å². The Morgan fingerprint density at radius 3 is 2.81 bits per heavy atom. The lowest BCUT2D eigenvalue weighted by Crippen LogP contribution is -2.37. The van der Waals surface area contributed by atoms with Crippen LogP contribution in [0.15, 0.2) is 24.4 Å². The Hall–Kier alpha value is -1.42. The zero-order valence-electron chi connectivity index (χ0n) is 13.0. The van der Waals surface area contributed by atoms with Gasteiger partial charge in [-0.15, -0.1) is 0 Å². The summed E-state index contributed by atoms with van der Waals surface area (Å²) in [7, 11) is 0. The molecule has 4 heteroatoms. The van der Waals surface area contributed by atoms with Crippen LogP contribution in [0, 0.1) is 5.92 Å². The average molecular weight is 287 g/mol. The maximum Gasteiger partial charge on any atom is 0.224 e. The first-order chi connectivity index (χ1) is 10.1. The van der Waals surface area contributed by atoms with Gasteiger partial charge in [-0.05, 0) is 37.3 Å². The fourth-order valence-electron chi connectivity index (χ4n) is 3.19. The summed E-state index contributed by atoms with van der Waals surface area (Å²) >= 11 is 0. The van der Waals surface area contributed by atoms with Gasteiger partial charge < -0.3 is 10.2 Å². The standard InChI is InChI=1S/C17H25N3O/c1-12(2)9-16(15-5-3-4-8-18-15)19-13-10-17(21)20(11-13)14-6-7-14/h3-5,8,12-14,16,19H,6-7,9-11H2,1-2H3/t13-,16-/m0/s1. The molecule has 0 aromatic carbocycles. The Bertz CT molecular complexity index is 484. The van der Waals surface area contributed by atoms with Gasteiger partial charge >= 0.3 is 0 Å². The lowest BCUT2D eigenvalue weighted by atomic mass is 9.99. The number of amides is 1. The molecular weight excluding hydrogens is 262 g/mol. The first-order valence-electron chi connectivity index (χ1n) is 8.10. The van der Waals surface area contributed by atoms with Gasteiger partial charge in [0.2, 0.25) is 5.91 Å². The molecule has 2 heterocycles. The Morgan fingerprint density at radius 2 is 2.19 bits per heavy atom. The lowest BCUT2D eigenvalue weighted by molar-refractivity contribution is -0.128. The molecule has 1 aromatic heterocycles. The highest BCUT2D eigenvalue weighted by molar-refractivity contribution is 5.80. The molecule has 0 spiro atoms. The van der Waals surface area contributed by atoms with Crippen LogP contribution < -0.4 is 5.32 Å². The number of carbonyl (C=O) groups excluding carboxylic acids is 1. The first kappa shape index (κ1) is 14.5. The second kappa shape index (κ2) is 6.14. The Kier molecular flexibility index (Phi) is 4.24. The van der Waals surface area contributed by atoms with Crippen LogP contribution in [0.3, 0.4) is 0 Å². The third-order valence-electron chi connectivity index (χ3n) is 4.33. The predicted molar refractivity (Wildman–Crippen MR) is 82.7 cm³/mol. The van der Waals surface area contributed by atoms with Gasteiger partial charge in [0.15, 0.2) is 0 Å². The van der Waals surface area contributed by atoms with Crippen molar-refractivity contribution in [2.24, 2.45) is 5.92 Å². The van der Waals surface area contributed by atoms with Crippen LogP contribution in [-0.2, 0) is 4.79 Å². The molecular formula is C17H25N3O. The van der Waals surface area contributed by atoms with Crippen LogP contribution in [0.1, 0.15) is 51.3 Å². The smallest absolute Gasteiger partial charge is 0.224 e. The predicted octanol–water partition coefficient (Wildman–Crippen LogP) is 2.52. The number of likely N-dealkylation sites (tertiary alicyclic amines) is 1. The molecule has 4 nitrogen and oxygen atoms in total. The van der Waals surface area contributed by atoms with Gasteiger partial charge in [0.05, 0.1) is 5.69 Å². The largest absolute Gasteiger partial charge is 0.338 e. The molecule has 1 aromatic rings. The Morgan fingerprint density at radius 1 is 1.38 bits per heavy atom. The highest BCUT2D eigenvalue weighted by Gasteiger charge is 2.39. The molecule has 21 heavy (non-hydrogen) atoms. The molecule has 0 bridgehead atoms. The van der Waals surface area contributed by atoms with Crippen LogP contribution in [0.2, 0.25) is 0 Å². The van der Waals surface area contributed by atoms with Crippen molar-refractivity contribution in [1.29, 1.82) is 0 Å². The topological polar surface area (TPSA) is 45.2 Å². The number of pyridine rings is 1. The molecule has 1 aliphatic heterocycles. The van der Waals surface area contributed by atoms with Crippen molar-refractivity contribution in [3.05, 3.63) is 30.1 Å². The normalized spacial score (nSPS) is 23.9. The molecule has 2 aliphatic rings. The van der Waals surface area contributed by atoms with Crippen molar-refractivity contribution >= 4 is 5.91 Å². The number of hydrogen-bond donors (Lipinski definition) is 1. The molecule has 2 fully saturated rings. The zero-order valence-corrected chi connectivity index (χ0v) is 13.0. The highest BCUT2D eigenvalue weighted by Crippen LogP contribution is 2.31. The van der Waals surface area contributed by atoms with Crippen molar-refractivity contribution in [2.45, 2.75) is 57.7 Å². The van der Waals surface area contributed by atoms with Crippen LogP contribution in [0.4, 0.5) is 0 Å². The van der Waals surface area contributed by atoms with Gasteiger partial charge in [-0.1, -0.05) is 19.9 Å². The second-order valence-corrected chi connectivity index (χ2v) is 6.78. The number of aromatic nitrogens is 1. The quantitative estimate of drug-likeness (QED) is 0.874. The summed E-state index contributed by atoms with van der Waals surface area (Å²) in [5, 5.41) is 3.68. The van der Waals surface area contributed by atoms with Crippen LogP contribution in [-0.4, -0.2) is 34.4 Å². The molecule has 0 radical (unpaired) electrons. The minimum Gasteiger partial charge on any atom is -0.338 e. The molecule has 1 saturated heterocycles. The van der Waals surface area contributed by atoms with Crippen LogP contribution in [0.25, 0.3) is 0 Å². The van der Waals surface area contributed by atoms with Gasteiger partial charge in [0, 0.05) is 37.3 Å². The van der Waals surface area contributed by atoms with E-state index in [4.69, 9.17) is 0 Å². The molecule has 1 aliphatic carbocycles. The molecule has 1 saturated carbocycles. The van der Waals surface area contributed by atoms with E-state index in [9.17, 15) is 4.79 Å². The van der Waals surface area contributed by atoms with Crippen LogP contribution in [0.5, 0.6) is 0 Å². The molecule has 114 valence electrons. The van der Waals surface area contributed by atoms with Gasteiger partial charge in [-0.2, -0.15) is 0 Å². The summed E-state index contributed by atoms with van der Waals surface area (Å²) in [6.07, 6.45) is 5.91. The number of hydrogen-bond acceptors (Lipinski definition) is 3. The number of nitrogens with one attached hydrogen (secondary N) is 1. The van der Waals surface area contributed by atoms with E-state index in [0.717, 1.165) is 18.7 Å². The molecule has 2 atom stereocenters. The third kappa shape index (κ3) is 3.62. The lowest BCUT2D eigenvalue weighted by Gasteiger charge is -2.24. The molecule has 3 rings (SSSR count). The summed E-state index contributed by atoms with van der Waals surface area (Å²) in [6, 6.07) is 7.10. The number of rotatable bonds is 6. The average Bonchev–Trinajstić information content (AvgIpc) is 3.23. The fourth-order valence-corrected chi connectivity index (χ4v) is 3.19. The molecule has 1 amide bonds. The van der Waals surface area contributed by atoms with Gasteiger partial charge in [-0.3, -0.25) is 9.78 Å². The van der Waals surface area contributed by atoms with Gasteiger partial charge in [0.25, 0.3) is 0 Å². The summed E-state index contributed by atoms with van der Waals surface area (Å²) in [5.74, 6) is 0.917. The Labute approximate surface area is 126 Å². The van der Waals surface area contributed by atoms with Crippen molar-refractivity contribution in [3.63, 3.8) is 0 Å². The van der Waals surface area contributed by atoms with Crippen LogP contribution >= 0.6 is 0 Å². The van der Waals surface area contributed by atoms with Crippen molar-refractivity contribution in [3.8, 4) is 0 Å². The first-order valence-corrected chi connectivity index (χ1v) is 8.10. The SMILES string of the molecule is CC(C)C[C@H](N[C@H]1CC(=O)N(C2CC2)C1)c1ccccn1. The maximum absolute atomic E-state index is 12.1. The van der Waals surface area contributed by atoms with E-state index in [-0.39, 0.29) is 12.1 Å². The fraction of sp³-hybridized carbons (Fsp3) is 0.647.